The molecule has 0 spiro atoms. The van der Waals surface area contributed by atoms with Crippen molar-refractivity contribution < 1.29 is 13.9 Å². The van der Waals surface area contributed by atoms with Crippen molar-refractivity contribution in [2.45, 2.75) is 39.4 Å². The van der Waals surface area contributed by atoms with E-state index >= 15 is 0 Å². The number of rotatable bonds is 4. The summed E-state index contributed by atoms with van der Waals surface area (Å²) in [6, 6.07) is 13.9. The third-order valence-electron chi connectivity index (χ3n) is 4.14. The number of hydrogen-bond acceptors (Lipinski definition) is 5. The van der Waals surface area contributed by atoms with Crippen molar-refractivity contribution in [3.63, 3.8) is 0 Å². The van der Waals surface area contributed by atoms with Gasteiger partial charge in [0.1, 0.15) is 5.60 Å². The summed E-state index contributed by atoms with van der Waals surface area (Å²) in [5.41, 5.74) is 3.01. The van der Waals surface area contributed by atoms with Crippen LogP contribution in [0.15, 0.2) is 46.9 Å². The number of hydrogen-bond donors (Lipinski definition) is 0. The Morgan fingerprint density at radius 2 is 1.96 bits per heavy atom. The second-order valence-corrected chi connectivity index (χ2v) is 6.94. The zero-order chi connectivity index (χ0) is 17.4. The Labute approximate surface area is 146 Å². The summed E-state index contributed by atoms with van der Waals surface area (Å²) in [6.07, 6.45) is 0.873. The van der Waals surface area contributed by atoms with Crippen LogP contribution >= 0.6 is 0 Å². The maximum atomic E-state index is 6.01. The van der Waals surface area contributed by atoms with E-state index in [2.05, 4.69) is 30.1 Å². The van der Waals surface area contributed by atoms with Gasteiger partial charge in [-0.1, -0.05) is 29.8 Å². The van der Waals surface area contributed by atoms with Gasteiger partial charge < -0.3 is 13.9 Å². The Kier molecular flexibility index (Phi) is 3.71. The first-order valence-electron chi connectivity index (χ1n) is 8.33. The van der Waals surface area contributed by atoms with Crippen molar-refractivity contribution in [2.75, 3.05) is 0 Å². The van der Waals surface area contributed by atoms with Crippen LogP contribution in [0.5, 0.6) is 11.5 Å². The molecular formula is C20H20N2O3. The zero-order valence-electron chi connectivity index (χ0n) is 14.6. The summed E-state index contributed by atoms with van der Waals surface area (Å²) in [7, 11) is 0. The Bertz CT molecular complexity index is 915. The highest BCUT2D eigenvalue weighted by molar-refractivity contribution is 5.53. The molecule has 1 aromatic heterocycles. The molecule has 0 amide bonds. The monoisotopic (exact) mass is 336 g/mol. The third-order valence-corrected chi connectivity index (χ3v) is 4.14. The second-order valence-electron chi connectivity index (χ2n) is 6.94. The lowest BCUT2D eigenvalue weighted by molar-refractivity contribution is 0.130. The average molecular weight is 336 g/mol. The summed E-state index contributed by atoms with van der Waals surface area (Å²) < 4.78 is 17.6. The first-order valence-corrected chi connectivity index (χ1v) is 8.33. The number of aromatic nitrogens is 2. The highest BCUT2D eigenvalue weighted by Crippen LogP contribution is 2.41. The van der Waals surface area contributed by atoms with Crippen LogP contribution in [0.4, 0.5) is 0 Å². The van der Waals surface area contributed by atoms with Gasteiger partial charge in [-0.2, -0.15) is 0 Å². The van der Waals surface area contributed by atoms with Crippen LogP contribution in [0.3, 0.4) is 0 Å². The van der Waals surface area contributed by atoms with E-state index in [1.165, 1.54) is 0 Å². The number of benzene rings is 2. The predicted molar refractivity (Wildman–Crippen MR) is 93.7 cm³/mol. The summed E-state index contributed by atoms with van der Waals surface area (Å²) in [4.78, 5) is 0. The largest absolute Gasteiger partial charge is 0.483 e. The van der Waals surface area contributed by atoms with E-state index in [4.69, 9.17) is 13.9 Å². The van der Waals surface area contributed by atoms with Gasteiger partial charge in [-0.15, -0.1) is 10.2 Å². The topological polar surface area (TPSA) is 57.4 Å². The van der Waals surface area contributed by atoms with Crippen LogP contribution in [0.2, 0.25) is 0 Å². The predicted octanol–water partition coefficient (Wildman–Crippen LogP) is 4.34. The van der Waals surface area contributed by atoms with Gasteiger partial charge in [0.25, 0.3) is 5.89 Å². The quantitative estimate of drug-likeness (QED) is 0.709. The molecule has 2 heterocycles. The molecule has 0 saturated heterocycles. The zero-order valence-corrected chi connectivity index (χ0v) is 14.6. The normalized spacial score (nSPS) is 14.8. The fourth-order valence-electron chi connectivity index (χ4n) is 3.05. The van der Waals surface area contributed by atoms with Crippen molar-refractivity contribution >= 4 is 0 Å². The lowest BCUT2D eigenvalue weighted by atomic mass is 10.0. The molecule has 0 N–H and O–H groups in total. The van der Waals surface area contributed by atoms with Crippen LogP contribution in [0.1, 0.15) is 30.9 Å². The minimum absolute atomic E-state index is 0.204. The maximum absolute atomic E-state index is 6.01. The Balaban J connectivity index is 1.50. The Hall–Kier alpha value is -2.82. The van der Waals surface area contributed by atoms with Gasteiger partial charge in [-0.05, 0) is 39.0 Å². The average Bonchev–Trinajstić information content (AvgIpc) is 3.15. The molecule has 25 heavy (non-hydrogen) atoms. The van der Waals surface area contributed by atoms with Crippen LogP contribution in [-0.4, -0.2) is 15.8 Å². The number of ether oxygens (including phenoxy) is 2. The molecule has 5 nitrogen and oxygen atoms in total. The molecule has 5 heteroatoms. The summed E-state index contributed by atoms with van der Waals surface area (Å²) in [5.74, 6) is 2.45. The van der Waals surface area contributed by atoms with Crippen molar-refractivity contribution in [3.8, 4) is 23.0 Å². The highest BCUT2D eigenvalue weighted by atomic mass is 16.5. The molecule has 0 bridgehead atoms. The fraction of sp³-hybridized carbons (Fsp3) is 0.300. The van der Waals surface area contributed by atoms with Gasteiger partial charge in [0.2, 0.25) is 5.89 Å². The Morgan fingerprint density at radius 3 is 2.80 bits per heavy atom. The molecule has 0 atom stereocenters. The van der Waals surface area contributed by atoms with E-state index in [9.17, 15) is 0 Å². The van der Waals surface area contributed by atoms with Gasteiger partial charge in [0.05, 0.1) is 0 Å². The minimum atomic E-state index is -0.204. The highest BCUT2D eigenvalue weighted by Gasteiger charge is 2.32. The standard InChI is InChI=1S/C20H20N2O3/c1-13-6-4-7-14(10-13)19-22-21-17(24-19)12-23-16-9-5-8-15-11-20(2,3)25-18(15)16/h4-10H,11-12H2,1-3H3. The lowest BCUT2D eigenvalue weighted by Gasteiger charge is -2.18. The number of fused-ring (bicyclic) bond motifs is 1. The first kappa shape index (κ1) is 15.7. The van der Waals surface area contributed by atoms with Crippen molar-refractivity contribution in [1.29, 1.82) is 0 Å². The summed E-state index contributed by atoms with van der Waals surface area (Å²) >= 11 is 0. The van der Waals surface area contributed by atoms with Crippen molar-refractivity contribution in [2.24, 2.45) is 0 Å². The lowest BCUT2D eigenvalue weighted by Crippen LogP contribution is -2.24. The smallest absolute Gasteiger partial charge is 0.254 e. The van der Waals surface area contributed by atoms with E-state index in [1.807, 2.05) is 43.3 Å². The molecule has 2 aromatic carbocycles. The van der Waals surface area contributed by atoms with E-state index in [0.29, 0.717) is 17.5 Å². The molecule has 3 aromatic rings. The second kappa shape index (κ2) is 5.92. The molecule has 1 aliphatic rings. The SMILES string of the molecule is Cc1cccc(-c2nnc(COc3cccc4c3OC(C)(C)C4)o2)c1. The van der Waals surface area contributed by atoms with Crippen LogP contribution < -0.4 is 9.47 Å². The van der Waals surface area contributed by atoms with E-state index in [-0.39, 0.29) is 12.2 Å². The van der Waals surface area contributed by atoms with E-state index < -0.39 is 0 Å². The van der Waals surface area contributed by atoms with E-state index in [1.54, 1.807) is 0 Å². The van der Waals surface area contributed by atoms with Gasteiger partial charge in [0.15, 0.2) is 18.1 Å². The summed E-state index contributed by atoms with van der Waals surface area (Å²) in [6.45, 7) is 6.38. The molecule has 0 saturated carbocycles. The maximum Gasteiger partial charge on any atom is 0.254 e. The van der Waals surface area contributed by atoms with E-state index in [0.717, 1.165) is 28.9 Å². The molecule has 0 radical (unpaired) electrons. The molecule has 128 valence electrons. The van der Waals surface area contributed by atoms with Gasteiger partial charge >= 0.3 is 0 Å². The van der Waals surface area contributed by atoms with Crippen LogP contribution in [-0.2, 0) is 13.0 Å². The molecule has 0 fully saturated rings. The molecule has 0 unspecified atom stereocenters. The van der Waals surface area contributed by atoms with Crippen molar-refractivity contribution in [3.05, 3.63) is 59.5 Å². The van der Waals surface area contributed by atoms with Gasteiger partial charge in [0, 0.05) is 17.5 Å². The minimum Gasteiger partial charge on any atom is -0.483 e. The number of para-hydroxylation sites is 1. The number of nitrogens with zero attached hydrogens (tertiary/aromatic N) is 2. The molecule has 4 rings (SSSR count). The fourth-order valence-corrected chi connectivity index (χ4v) is 3.05. The third kappa shape index (κ3) is 3.22. The molecule has 1 aliphatic heterocycles. The van der Waals surface area contributed by atoms with Crippen LogP contribution in [0, 0.1) is 6.92 Å². The Morgan fingerprint density at radius 1 is 1.12 bits per heavy atom. The van der Waals surface area contributed by atoms with Gasteiger partial charge in [-0.25, -0.2) is 0 Å². The van der Waals surface area contributed by atoms with Gasteiger partial charge in [-0.3, -0.25) is 0 Å². The number of aryl methyl sites for hydroxylation is 1. The van der Waals surface area contributed by atoms with Crippen molar-refractivity contribution in [1.82, 2.24) is 10.2 Å². The first-order chi connectivity index (χ1) is 12.0. The van der Waals surface area contributed by atoms with Crippen LogP contribution in [0.25, 0.3) is 11.5 Å². The molecule has 0 aliphatic carbocycles. The summed E-state index contributed by atoms with van der Waals surface area (Å²) in [5, 5.41) is 8.18. The molecular weight excluding hydrogens is 316 g/mol.